The molecule has 0 bridgehead atoms. The third kappa shape index (κ3) is 3.45. The fraction of sp³-hybridized carbons (Fsp3) is 0.444. The number of rotatable bonds is 6. The summed E-state index contributed by atoms with van der Waals surface area (Å²) in [5.74, 6) is 1.05. The Balaban J connectivity index is 1.86. The van der Waals surface area contributed by atoms with Gasteiger partial charge in [0.1, 0.15) is 5.76 Å². The Labute approximate surface area is 136 Å². The summed E-state index contributed by atoms with van der Waals surface area (Å²) in [5, 5.41) is 0. The van der Waals surface area contributed by atoms with Crippen LogP contribution in [0.25, 0.3) is 0 Å². The fourth-order valence-corrected chi connectivity index (χ4v) is 2.83. The summed E-state index contributed by atoms with van der Waals surface area (Å²) in [5.41, 5.74) is 1.59. The topological polar surface area (TPSA) is 49.6 Å². The van der Waals surface area contributed by atoms with Gasteiger partial charge in [-0.1, -0.05) is 30.3 Å². The smallest absolute Gasteiger partial charge is 0.276 e. The van der Waals surface area contributed by atoms with E-state index in [1.54, 1.807) is 4.90 Å². The molecule has 122 valence electrons. The highest BCUT2D eigenvalue weighted by atomic mass is 16.3. The van der Waals surface area contributed by atoms with Gasteiger partial charge in [0.15, 0.2) is 12.1 Å². The van der Waals surface area contributed by atoms with Crippen molar-refractivity contribution in [1.29, 1.82) is 0 Å². The summed E-state index contributed by atoms with van der Waals surface area (Å²) in [6.07, 6.45) is 3.55. The van der Waals surface area contributed by atoms with Crippen LogP contribution in [0.3, 0.4) is 0 Å². The number of carbonyl (C=O) groups is 1. The molecule has 1 saturated carbocycles. The molecule has 0 saturated heterocycles. The number of hydrogen-bond donors (Lipinski definition) is 0. The molecule has 1 aromatic carbocycles. The van der Waals surface area contributed by atoms with Gasteiger partial charge in [0.05, 0.1) is 6.04 Å². The van der Waals surface area contributed by atoms with E-state index in [1.807, 2.05) is 39.3 Å². The fourth-order valence-electron chi connectivity index (χ4n) is 2.83. The molecule has 0 N–H and O–H groups in total. The van der Waals surface area contributed by atoms with E-state index in [2.05, 4.69) is 22.0 Å². The second kappa shape index (κ2) is 6.54. The molecule has 3 rings (SSSR count). The van der Waals surface area contributed by atoms with Crippen molar-refractivity contribution in [3.63, 3.8) is 0 Å². The number of aromatic nitrogens is 1. The zero-order valence-corrected chi connectivity index (χ0v) is 13.9. The Morgan fingerprint density at radius 1 is 1.26 bits per heavy atom. The monoisotopic (exact) mass is 313 g/mol. The number of amides is 1. The van der Waals surface area contributed by atoms with Crippen LogP contribution in [0.4, 0.5) is 0 Å². The van der Waals surface area contributed by atoms with Gasteiger partial charge in [-0.15, -0.1) is 0 Å². The Kier molecular flexibility index (Phi) is 4.48. The van der Waals surface area contributed by atoms with Gasteiger partial charge in [-0.05, 0) is 32.5 Å². The van der Waals surface area contributed by atoms with Crippen molar-refractivity contribution in [2.24, 2.45) is 0 Å². The molecule has 1 heterocycles. The molecule has 23 heavy (non-hydrogen) atoms. The van der Waals surface area contributed by atoms with Gasteiger partial charge >= 0.3 is 0 Å². The maximum Gasteiger partial charge on any atom is 0.276 e. The zero-order chi connectivity index (χ0) is 16.4. The van der Waals surface area contributed by atoms with E-state index in [0.29, 0.717) is 11.6 Å². The van der Waals surface area contributed by atoms with Crippen molar-refractivity contribution >= 4 is 5.91 Å². The SMILES string of the molecule is CN(C)C[C@@H](c1ccccc1)N(C)C(=O)c1ncoc1C1CC1. The van der Waals surface area contributed by atoms with E-state index in [1.165, 1.54) is 6.39 Å². The molecule has 5 nitrogen and oxygen atoms in total. The van der Waals surface area contributed by atoms with Gasteiger partial charge in [-0.25, -0.2) is 4.98 Å². The number of benzene rings is 1. The van der Waals surface area contributed by atoms with E-state index >= 15 is 0 Å². The quantitative estimate of drug-likeness (QED) is 0.823. The molecule has 2 aromatic rings. The standard InChI is InChI=1S/C18H23N3O2/c1-20(2)11-15(13-7-5-4-6-8-13)21(3)18(22)16-17(14-9-10-14)23-12-19-16/h4-8,12,14-15H,9-11H2,1-3H3/t15-/m0/s1. The Morgan fingerprint density at radius 2 is 1.96 bits per heavy atom. The van der Waals surface area contributed by atoms with Crippen LogP contribution in [-0.2, 0) is 0 Å². The highest BCUT2D eigenvalue weighted by Crippen LogP contribution is 2.41. The lowest BCUT2D eigenvalue weighted by Crippen LogP contribution is -2.37. The normalized spacial score (nSPS) is 15.7. The molecule has 0 spiro atoms. The van der Waals surface area contributed by atoms with Crippen molar-refractivity contribution < 1.29 is 9.21 Å². The van der Waals surface area contributed by atoms with Crippen LogP contribution in [0.15, 0.2) is 41.1 Å². The number of carbonyl (C=O) groups excluding carboxylic acids is 1. The van der Waals surface area contributed by atoms with Crippen LogP contribution in [0.2, 0.25) is 0 Å². The van der Waals surface area contributed by atoms with Crippen LogP contribution < -0.4 is 0 Å². The molecule has 1 atom stereocenters. The predicted molar refractivity (Wildman–Crippen MR) is 88.3 cm³/mol. The first-order chi connectivity index (χ1) is 11.1. The zero-order valence-electron chi connectivity index (χ0n) is 13.9. The first kappa shape index (κ1) is 15.7. The Hall–Kier alpha value is -2.14. The number of nitrogens with zero attached hydrogens (tertiary/aromatic N) is 3. The van der Waals surface area contributed by atoms with Gasteiger partial charge in [0.2, 0.25) is 0 Å². The second-order valence-corrected chi connectivity index (χ2v) is 6.44. The first-order valence-electron chi connectivity index (χ1n) is 7.98. The Morgan fingerprint density at radius 3 is 2.57 bits per heavy atom. The Bertz CT molecular complexity index is 662. The molecule has 5 heteroatoms. The molecular formula is C18H23N3O2. The van der Waals surface area contributed by atoms with Gasteiger partial charge in [0, 0.05) is 19.5 Å². The first-order valence-corrected chi connectivity index (χ1v) is 7.98. The van der Waals surface area contributed by atoms with Crippen LogP contribution >= 0.6 is 0 Å². The maximum atomic E-state index is 12.9. The van der Waals surface area contributed by atoms with Gasteiger partial charge < -0.3 is 14.2 Å². The van der Waals surface area contributed by atoms with Crippen molar-refractivity contribution in [1.82, 2.24) is 14.8 Å². The lowest BCUT2D eigenvalue weighted by molar-refractivity contribution is 0.0697. The summed E-state index contributed by atoms with van der Waals surface area (Å²) in [6, 6.07) is 10.1. The third-order valence-corrected chi connectivity index (χ3v) is 4.26. The van der Waals surface area contributed by atoms with Crippen LogP contribution in [0.1, 0.15) is 46.6 Å². The van der Waals surface area contributed by atoms with Gasteiger partial charge in [-0.2, -0.15) is 0 Å². The third-order valence-electron chi connectivity index (χ3n) is 4.26. The molecule has 0 radical (unpaired) electrons. The molecular weight excluding hydrogens is 290 g/mol. The lowest BCUT2D eigenvalue weighted by atomic mass is 10.0. The molecule has 1 aliphatic carbocycles. The van der Waals surface area contributed by atoms with Crippen LogP contribution in [0.5, 0.6) is 0 Å². The average molecular weight is 313 g/mol. The number of likely N-dealkylation sites (N-methyl/N-ethyl adjacent to an activating group) is 2. The van der Waals surface area contributed by atoms with E-state index in [9.17, 15) is 4.79 Å². The summed E-state index contributed by atoms with van der Waals surface area (Å²) >= 11 is 0. The van der Waals surface area contributed by atoms with E-state index in [-0.39, 0.29) is 11.9 Å². The highest BCUT2D eigenvalue weighted by molar-refractivity contribution is 5.93. The maximum absolute atomic E-state index is 12.9. The summed E-state index contributed by atoms with van der Waals surface area (Å²) < 4.78 is 5.46. The lowest BCUT2D eigenvalue weighted by Gasteiger charge is -2.30. The average Bonchev–Trinajstić information content (AvgIpc) is 3.29. The van der Waals surface area contributed by atoms with Crippen molar-refractivity contribution in [2.75, 3.05) is 27.7 Å². The summed E-state index contributed by atoms with van der Waals surface area (Å²) in [4.78, 5) is 21.0. The minimum absolute atomic E-state index is 0.0255. The summed E-state index contributed by atoms with van der Waals surface area (Å²) in [7, 11) is 5.87. The molecule has 0 aliphatic heterocycles. The van der Waals surface area contributed by atoms with E-state index < -0.39 is 0 Å². The van der Waals surface area contributed by atoms with Crippen molar-refractivity contribution in [3.05, 3.63) is 53.7 Å². The van der Waals surface area contributed by atoms with Gasteiger partial charge in [-0.3, -0.25) is 4.79 Å². The second-order valence-electron chi connectivity index (χ2n) is 6.44. The van der Waals surface area contributed by atoms with E-state index in [0.717, 1.165) is 30.7 Å². The highest BCUT2D eigenvalue weighted by Gasteiger charge is 2.34. The molecule has 1 amide bonds. The van der Waals surface area contributed by atoms with Gasteiger partial charge in [0.25, 0.3) is 5.91 Å². The predicted octanol–water partition coefficient (Wildman–Crippen LogP) is 2.93. The number of oxazole rings is 1. The molecule has 0 unspecified atom stereocenters. The van der Waals surface area contributed by atoms with Crippen LogP contribution in [-0.4, -0.2) is 48.4 Å². The number of hydrogen-bond acceptors (Lipinski definition) is 4. The molecule has 1 fully saturated rings. The minimum atomic E-state index is -0.0728. The molecule has 1 aromatic heterocycles. The van der Waals surface area contributed by atoms with E-state index in [4.69, 9.17) is 4.42 Å². The minimum Gasteiger partial charge on any atom is -0.447 e. The summed E-state index contributed by atoms with van der Waals surface area (Å²) in [6.45, 7) is 0.753. The van der Waals surface area contributed by atoms with Crippen LogP contribution in [0, 0.1) is 0 Å². The van der Waals surface area contributed by atoms with Crippen molar-refractivity contribution in [3.8, 4) is 0 Å². The largest absolute Gasteiger partial charge is 0.447 e. The van der Waals surface area contributed by atoms with Crippen molar-refractivity contribution in [2.45, 2.75) is 24.8 Å². The molecule has 1 aliphatic rings.